The van der Waals surface area contributed by atoms with Crippen molar-refractivity contribution >= 4 is 17.4 Å². The van der Waals surface area contributed by atoms with E-state index < -0.39 is 11.4 Å². The van der Waals surface area contributed by atoms with Gasteiger partial charge in [-0.25, -0.2) is 4.98 Å². The van der Waals surface area contributed by atoms with Gasteiger partial charge in [-0.05, 0) is 18.8 Å². The second-order valence-corrected chi connectivity index (χ2v) is 6.08. The Kier molecular flexibility index (Phi) is 2.63. The van der Waals surface area contributed by atoms with Gasteiger partial charge in [0, 0.05) is 13.1 Å². The number of anilines is 1. The van der Waals surface area contributed by atoms with E-state index in [1.54, 1.807) is 16.9 Å². The van der Waals surface area contributed by atoms with E-state index in [2.05, 4.69) is 20.0 Å². The Hall–Kier alpha value is -2.18. The summed E-state index contributed by atoms with van der Waals surface area (Å²) in [6.07, 6.45) is 8.79. The normalized spacial score (nSPS) is 28.8. The van der Waals surface area contributed by atoms with E-state index in [9.17, 15) is 9.90 Å². The first-order valence-corrected chi connectivity index (χ1v) is 7.33. The molecular formula is C14H17N5O2. The van der Waals surface area contributed by atoms with Crippen LogP contribution in [0.2, 0.25) is 0 Å². The second-order valence-electron chi connectivity index (χ2n) is 6.08. The maximum absolute atomic E-state index is 11.9. The SMILES string of the molecule is O=C(O)[C@@]12CCCC[C@@H]1CN(c1cncc3ncnn13)C2. The molecule has 1 aliphatic carbocycles. The van der Waals surface area contributed by atoms with Gasteiger partial charge in [0.15, 0.2) is 11.5 Å². The molecule has 7 heteroatoms. The van der Waals surface area contributed by atoms with E-state index in [4.69, 9.17) is 0 Å². The summed E-state index contributed by atoms with van der Waals surface area (Å²) >= 11 is 0. The zero-order chi connectivity index (χ0) is 14.4. The van der Waals surface area contributed by atoms with Crippen molar-refractivity contribution in [1.82, 2.24) is 19.6 Å². The number of aliphatic carboxylic acids is 1. The molecule has 1 saturated heterocycles. The minimum Gasteiger partial charge on any atom is -0.481 e. The fourth-order valence-electron chi connectivity index (χ4n) is 3.94. The molecule has 4 rings (SSSR count). The lowest BCUT2D eigenvalue weighted by molar-refractivity contribution is -0.152. The zero-order valence-electron chi connectivity index (χ0n) is 11.6. The average molecular weight is 287 g/mol. The standard InChI is InChI=1S/C14H17N5O2/c20-13(21)14-4-2-1-3-10(14)7-18(8-14)12-6-15-5-11-16-9-17-19(11)12/h5-6,9-10H,1-4,7-8H2,(H,20,21)/t10-,14-/m1/s1. The van der Waals surface area contributed by atoms with Gasteiger partial charge in [0.25, 0.3) is 0 Å². The lowest BCUT2D eigenvalue weighted by atomic mass is 9.68. The Balaban J connectivity index is 1.75. The van der Waals surface area contributed by atoms with Gasteiger partial charge in [-0.2, -0.15) is 9.61 Å². The topological polar surface area (TPSA) is 83.6 Å². The van der Waals surface area contributed by atoms with Gasteiger partial charge < -0.3 is 10.0 Å². The van der Waals surface area contributed by atoms with Crippen molar-refractivity contribution in [2.45, 2.75) is 25.7 Å². The first kappa shape index (κ1) is 12.6. The van der Waals surface area contributed by atoms with E-state index in [0.717, 1.165) is 38.0 Å². The smallest absolute Gasteiger partial charge is 0.311 e. The summed E-state index contributed by atoms with van der Waals surface area (Å²) in [5, 5.41) is 14.0. The number of rotatable bonds is 2. The van der Waals surface area contributed by atoms with Crippen LogP contribution in [0.4, 0.5) is 5.82 Å². The third kappa shape index (κ3) is 1.73. The number of hydrogen-bond donors (Lipinski definition) is 1. The number of carbonyl (C=O) groups is 1. The minimum absolute atomic E-state index is 0.211. The van der Waals surface area contributed by atoms with Gasteiger partial charge in [-0.15, -0.1) is 0 Å². The molecule has 2 fully saturated rings. The summed E-state index contributed by atoms with van der Waals surface area (Å²) in [5.74, 6) is 0.385. The average Bonchev–Trinajstić information content (AvgIpc) is 3.11. The van der Waals surface area contributed by atoms with Gasteiger partial charge in [0.2, 0.25) is 0 Å². The van der Waals surface area contributed by atoms with E-state index in [1.807, 2.05) is 0 Å². The molecule has 1 N–H and O–H groups in total. The molecule has 0 amide bonds. The highest BCUT2D eigenvalue weighted by molar-refractivity contribution is 5.77. The highest BCUT2D eigenvalue weighted by Crippen LogP contribution is 2.47. The quantitative estimate of drug-likeness (QED) is 0.893. The zero-order valence-corrected chi connectivity index (χ0v) is 11.6. The Morgan fingerprint density at radius 1 is 1.38 bits per heavy atom. The van der Waals surface area contributed by atoms with Crippen LogP contribution in [-0.2, 0) is 4.79 Å². The molecule has 0 bridgehead atoms. The van der Waals surface area contributed by atoms with Crippen molar-refractivity contribution in [3.63, 3.8) is 0 Å². The van der Waals surface area contributed by atoms with Crippen LogP contribution in [0.5, 0.6) is 0 Å². The van der Waals surface area contributed by atoms with Crippen LogP contribution in [0.3, 0.4) is 0 Å². The largest absolute Gasteiger partial charge is 0.481 e. The fraction of sp³-hybridized carbons (Fsp3) is 0.571. The molecule has 0 aromatic carbocycles. The molecular weight excluding hydrogens is 270 g/mol. The molecule has 2 atom stereocenters. The second kappa shape index (κ2) is 4.41. The van der Waals surface area contributed by atoms with Crippen LogP contribution in [0.1, 0.15) is 25.7 Å². The lowest BCUT2D eigenvalue weighted by Gasteiger charge is -2.34. The third-order valence-electron chi connectivity index (χ3n) is 5.04. The maximum Gasteiger partial charge on any atom is 0.311 e. The van der Waals surface area contributed by atoms with Crippen molar-refractivity contribution in [2.75, 3.05) is 18.0 Å². The number of carboxylic acids is 1. The summed E-state index contributed by atoms with van der Waals surface area (Å²) in [6.45, 7) is 1.29. The highest BCUT2D eigenvalue weighted by atomic mass is 16.4. The van der Waals surface area contributed by atoms with Crippen LogP contribution in [0, 0.1) is 11.3 Å². The molecule has 7 nitrogen and oxygen atoms in total. The number of carboxylic acid groups (broad SMARTS) is 1. The Morgan fingerprint density at radius 3 is 3.10 bits per heavy atom. The van der Waals surface area contributed by atoms with Gasteiger partial charge in [-0.1, -0.05) is 12.8 Å². The summed E-state index contributed by atoms with van der Waals surface area (Å²) in [6, 6.07) is 0. The Bertz CT molecular complexity index is 699. The Morgan fingerprint density at radius 2 is 2.29 bits per heavy atom. The first-order chi connectivity index (χ1) is 10.2. The minimum atomic E-state index is -0.659. The van der Waals surface area contributed by atoms with Gasteiger partial charge in [0.05, 0.1) is 17.8 Å². The summed E-state index contributed by atoms with van der Waals surface area (Å²) < 4.78 is 1.74. The molecule has 0 radical (unpaired) electrons. The number of hydrogen-bond acceptors (Lipinski definition) is 5. The van der Waals surface area contributed by atoms with Gasteiger partial charge in [-0.3, -0.25) is 9.78 Å². The summed E-state index contributed by atoms with van der Waals surface area (Å²) in [4.78, 5) is 22.3. The fourth-order valence-corrected chi connectivity index (χ4v) is 3.94. The van der Waals surface area contributed by atoms with Gasteiger partial charge >= 0.3 is 5.97 Å². The predicted octanol–water partition coefficient (Wildman–Crippen LogP) is 1.21. The van der Waals surface area contributed by atoms with Crippen LogP contribution in [-0.4, -0.2) is 43.7 Å². The molecule has 110 valence electrons. The Labute approximate surface area is 121 Å². The first-order valence-electron chi connectivity index (χ1n) is 7.33. The summed E-state index contributed by atoms with van der Waals surface area (Å²) in [7, 11) is 0. The number of fused-ring (bicyclic) bond motifs is 2. The van der Waals surface area contributed by atoms with Crippen molar-refractivity contribution < 1.29 is 9.90 Å². The molecule has 2 aromatic rings. The van der Waals surface area contributed by atoms with E-state index >= 15 is 0 Å². The molecule has 3 heterocycles. The molecule has 1 aliphatic heterocycles. The molecule has 0 spiro atoms. The monoisotopic (exact) mass is 287 g/mol. The molecule has 2 aliphatic rings. The van der Waals surface area contributed by atoms with Crippen LogP contribution in [0.25, 0.3) is 5.65 Å². The van der Waals surface area contributed by atoms with Crippen molar-refractivity contribution in [3.8, 4) is 0 Å². The van der Waals surface area contributed by atoms with Crippen molar-refractivity contribution in [3.05, 3.63) is 18.7 Å². The van der Waals surface area contributed by atoms with Crippen LogP contribution >= 0.6 is 0 Å². The van der Waals surface area contributed by atoms with E-state index in [0.29, 0.717) is 12.2 Å². The highest BCUT2D eigenvalue weighted by Gasteiger charge is 2.53. The van der Waals surface area contributed by atoms with Crippen molar-refractivity contribution in [2.24, 2.45) is 11.3 Å². The molecule has 21 heavy (non-hydrogen) atoms. The van der Waals surface area contributed by atoms with Crippen LogP contribution < -0.4 is 4.90 Å². The van der Waals surface area contributed by atoms with Gasteiger partial charge in [0.1, 0.15) is 6.33 Å². The summed E-state index contributed by atoms with van der Waals surface area (Å²) in [5.41, 5.74) is 0.0767. The lowest BCUT2D eigenvalue weighted by Crippen LogP contribution is -2.41. The molecule has 2 aromatic heterocycles. The van der Waals surface area contributed by atoms with Crippen LogP contribution in [0.15, 0.2) is 18.7 Å². The maximum atomic E-state index is 11.9. The predicted molar refractivity (Wildman–Crippen MR) is 75.0 cm³/mol. The van der Waals surface area contributed by atoms with Crippen molar-refractivity contribution in [1.29, 1.82) is 0 Å². The molecule has 0 unspecified atom stereocenters. The van der Waals surface area contributed by atoms with E-state index in [-0.39, 0.29) is 5.92 Å². The number of aromatic nitrogens is 4. The third-order valence-corrected chi connectivity index (χ3v) is 5.04. The van der Waals surface area contributed by atoms with E-state index in [1.165, 1.54) is 6.33 Å². The number of nitrogens with zero attached hydrogens (tertiary/aromatic N) is 5. The molecule has 1 saturated carbocycles.